The average molecular weight is 183 g/mol. The zero-order valence-electron chi connectivity index (χ0n) is 7.19. The highest BCUT2D eigenvalue weighted by molar-refractivity contribution is 4.16. The quantitative estimate of drug-likeness (QED) is 0.293. The Morgan fingerprint density at radius 1 is 1.00 bits per heavy atom. The summed E-state index contributed by atoms with van der Waals surface area (Å²) in [5, 5.41) is 23.9. The van der Waals surface area contributed by atoms with Crippen LogP contribution in [0.15, 0.2) is 0 Å². The van der Waals surface area contributed by atoms with E-state index in [0.717, 1.165) is 0 Å². The molecule has 0 rings (SSSR count). The second kappa shape index (κ2) is 17.0. The Morgan fingerprint density at radius 2 is 1.33 bits per heavy atom. The van der Waals surface area contributed by atoms with E-state index in [1.165, 1.54) is 0 Å². The van der Waals surface area contributed by atoms with Gasteiger partial charge in [-0.3, -0.25) is 9.68 Å². The van der Waals surface area contributed by atoms with Crippen molar-refractivity contribution in [1.29, 1.82) is 0 Å². The molecular weight excluding hydrogens is 166 g/mol. The fraction of sp³-hybridized carbons (Fsp3) is 1.00. The van der Waals surface area contributed by atoms with E-state index in [4.69, 9.17) is 15.3 Å². The van der Waals surface area contributed by atoms with Crippen LogP contribution in [0.2, 0.25) is 0 Å². The molecule has 0 aromatic heterocycles. The van der Waals surface area contributed by atoms with Gasteiger partial charge in [0.15, 0.2) is 0 Å². The molecule has 0 aromatic rings. The molecule has 0 aliphatic carbocycles. The molecule has 0 bridgehead atoms. The van der Waals surface area contributed by atoms with Crippen molar-refractivity contribution in [2.24, 2.45) is 0 Å². The van der Waals surface area contributed by atoms with Crippen molar-refractivity contribution in [1.82, 2.24) is 5.64 Å². The van der Waals surface area contributed by atoms with E-state index in [0.29, 0.717) is 0 Å². The topological polar surface area (TPSA) is 91.2 Å². The molecular formula is C6H17NO5. The van der Waals surface area contributed by atoms with Gasteiger partial charge in [0.1, 0.15) is 0 Å². The summed E-state index contributed by atoms with van der Waals surface area (Å²) in [6.45, 7) is 2.15. The third-order valence-electron chi connectivity index (χ3n) is 0.505. The summed E-state index contributed by atoms with van der Waals surface area (Å²) in [5.74, 6) is 0. The first kappa shape index (κ1) is 14.3. The SMILES string of the molecule is CCO.OCCONOCCO. The van der Waals surface area contributed by atoms with Gasteiger partial charge in [0, 0.05) is 6.61 Å². The summed E-state index contributed by atoms with van der Waals surface area (Å²) < 4.78 is 0. The van der Waals surface area contributed by atoms with E-state index in [9.17, 15) is 0 Å². The van der Waals surface area contributed by atoms with Gasteiger partial charge in [-0.1, -0.05) is 5.64 Å². The Kier molecular flexibility index (Phi) is 20.3. The van der Waals surface area contributed by atoms with Gasteiger partial charge in [-0.05, 0) is 6.92 Å². The molecule has 0 saturated carbocycles. The summed E-state index contributed by atoms with van der Waals surface area (Å²) in [5.41, 5.74) is 2.07. The monoisotopic (exact) mass is 183 g/mol. The summed E-state index contributed by atoms with van der Waals surface area (Å²) in [6.07, 6.45) is 0. The Labute approximate surface area is 71.6 Å². The molecule has 0 amide bonds. The van der Waals surface area contributed by atoms with E-state index in [2.05, 4.69) is 15.3 Å². The Bertz CT molecular complexity index is 57.9. The van der Waals surface area contributed by atoms with Crippen LogP contribution in [0.3, 0.4) is 0 Å². The minimum Gasteiger partial charge on any atom is -0.397 e. The van der Waals surface area contributed by atoms with E-state index in [1.807, 2.05) is 0 Å². The van der Waals surface area contributed by atoms with E-state index >= 15 is 0 Å². The molecule has 0 heterocycles. The van der Waals surface area contributed by atoms with Crippen LogP contribution in [0.4, 0.5) is 0 Å². The molecule has 0 atom stereocenters. The maximum absolute atomic E-state index is 8.15. The molecule has 76 valence electrons. The van der Waals surface area contributed by atoms with Gasteiger partial charge < -0.3 is 15.3 Å². The highest BCUT2D eigenvalue weighted by atomic mass is 16.9. The second-order valence-electron chi connectivity index (χ2n) is 1.54. The summed E-state index contributed by atoms with van der Waals surface area (Å²) in [4.78, 5) is 8.90. The average Bonchev–Trinajstić information content (AvgIpc) is 2.06. The van der Waals surface area contributed by atoms with Crippen LogP contribution >= 0.6 is 0 Å². The van der Waals surface area contributed by atoms with Crippen molar-refractivity contribution in [3.8, 4) is 0 Å². The van der Waals surface area contributed by atoms with Gasteiger partial charge >= 0.3 is 0 Å². The van der Waals surface area contributed by atoms with Crippen LogP contribution in [0, 0.1) is 0 Å². The van der Waals surface area contributed by atoms with E-state index in [-0.39, 0.29) is 33.0 Å². The smallest absolute Gasteiger partial charge is 0.0940 e. The van der Waals surface area contributed by atoms with Crippen LogP contribution < -0.4 is 5.64 Å². The largest absolute Gasteiger partial charge is 0.397 e. The first-order valence-corrected chi connectivity index (χ1v) is 3.64. The van der Waals surface area contributed by atoms with Crippen molar-refractivity contribution in [2.45, 2.75) is 6.92 Å². The van der Waals surface area contributed by atoms with Gasteiger partial charge in [0.05, 0.1) is 26.4 Å². The number of hydrogen-bond acceptors (Lipinski definition) is 6. The second-order valence-corrected chi connectivity index (χ2v) is 1.54. The zero-order chi connectivity index (χ0) is 9.66. The third-order valence-corrected chi connectivity index (χ3v) is 0.505. The summed E-state index contributed by atoms with van der Waals surface area (Å²) in [6, 6.07) is 0. The molecule has 0 spiro atoms. The lowest BCUT2D eigenvalue weighted by Crippen LogP contribution is -2.19. The predicted molar refractivity (Wildman–Crippen MR) is 42.0 cm³/mol. The van der Waals surface area contributed by atoms with Crippen LogP contribution in [0.25, 0.3) is 0 Å². The lowest BCUT2D eigenvalue weighted by atomic mass is 10.8. The molecule has 0 saturated heterocycles. The molecule has 12 heavy (non-hydrogen) atoms. The van der Waals surface area contributed by atoms with Crippen LogP contribution in [0.5, 0.6) is 0 Å². The first-order chi connectivity index (χ1) is 5.83. The molecule has 0 fully saturated rings. The van der Waals surface area contributed by atoms with Gasteiger partial charge in [-0.2, -0.15) is 0 Å². The normalized spacial score (nSPS) is 9.00. The number of nitrogens with one attached hydrogen (secondary N) is 1. The van der Waals surface area contributed by atoms with Crippen LogP contribution in [-0.4, -0.2) is 48.4 Å². The van der Waals surface area contributed by atoms with Crippen LogP contribution in [-0.2, 0) is 9.68 Å². The minimum atomic E-state index is -0.0600. The number of rotatable bonds is 6. The maximum Gasteiger partial charge on any atom is 0.0940 e. The van der Waals surface area contributed by atoms with Gasteiger partial charge in [0.2, 0.25) is 0 Å². The minimum absolute atomic E-state index is 0.0600. The lowest BCUT2D eigenvalue weighted by Gasteiger charge is -2.01. The summed E-state index contributed by atoms with van der Waals surface area (Å²) in [7, 11) is 0. The van der Waals surface area contributed by atoms with Crippen molar-refractivity contribution >= 4 is 0 Å². The zero-order valence-corrected chi connectivity index (χ0v) is 7.19. The fourth-order valence-corrected chi connectivity index (χ4v) is 0.216. The third kappa shape index (κ3) is 22.6. The first-order valence-electron chi connectivity index (χ1n) is 3.64. The van der Waals surface area contributed by atoms with Crippen LogP contribution in [0.1, 0.15) is 6.92 Å². The van der Waals surface area contributed by atoms with E-state index < -0.39 is 0 Å². The van der Waals surface area contributed by atoms with Crippen molar-refractivity contribution in [2.75, 3.05) is 33.0 Å². The van der Waals surface area contributed by atoms with E-state index in [1.54, 1.807) is 6.92 Å². The molecule has 6 nitrogen and oxygen atoms in total. The molecule has 6 heteroatoms. The molecule has 4 N–H and O–H groups in total. The number of aliphatic hydroxyl groups is 3. The Morgan fingerprint density at radius 3 is 1.58 bits per heavy atom. The van der Waals surface area contributed by atoms with Gasteiger partial charge in [0.25, 0.3) is 0 Å². The molecule has 0 unspecified atom stereocenters. The van der Waals surface area contributed by atoms with Gasteiger partial charge in [-0.15, -0.1) is 0 Å². The lowest BCUT2D eigenvalue weighted by molar-refractivity contribution is -0.178. The predicted octanol–water partition coefficient (Wildman–Crippen LogP) is -1.58. The Balaban J connectivity index is 0. The number of hydrogen-bond donors (Lipinski definition) is 4. The number of aliphatic hydroxyl groups excluding tert-OH is 3. The molecule has 0 radical (unpaired) electrons. The summed E-state index contributed by atoms with van der Waals surface area (Å²) >= 11 is 0. The van der Waals surface area contributed by atoms with Crippen molar-refractivity contribution < 1.29 is 25.0 Å². The molecule has 0 aromatic carbocycles. The van der Waals surface area contributed by atoms with Crippen molar-refractivity contribution in [3.05, 3.63) is 0 Å². The van der Waals surface area contributed by atoms with Crippen molar-refractivity contribution in [3.63, 3.8) is 0 Å². The standard InChI is InChI=1S/C4H11NO4.C2H6O/c6-1-3-8-5-9-4-2-7;1-2-3/h5-7H,1-4H2;3H,2H2,1H3. The molecule has 0 aliphatic rings. The fourth-order valence-electron chi connectivity index (χ4n) is 0.216. The van der Waals surface area contributed by atoms with Gasteiger partial charge in [-0.25, -0.2) is 0 Å². The Hall–Kier alpha value is -0.240. The highest BCUT2D eigenvalue weighted by Crippen LogP contribution is 1.67. The molecule has 0 aliphatic heterocycles. The maximum atomic E-state index is 8.15. The highest BCUT2D eigenvalue weighted by Gasteiger charge is 1.83.